The highest BCUT2D eigenvalue weighted by molar-refractivity contribution is 7.91. The van der Waals surface area contributed by atoms with Gasteiger partial charge < -0.3 is 10.0 Å². The molecule has 1 aliphatic carbocycles. The zero-order chi connectivity index (χ0) is 18.1. The van der Waals surface area contributed by atoms with Gasteiger partial charge in [-0.25, -0.2) is 13.2 Å². The minimum Gasteiger partial charge on any atom is -0.478 e. The number of halogens is 1. The first-order valence-electron chi connectivity index (χ1n) is 8.14. The molecule has 0 atom stereocenters. The van der Waals surface area contributed by atoms with Crippen molar-refractivity contribution in [1.29, 1.82) is 0 Å². The van der Waals surface area contributed by atoms with Crippen LogP contribution in [0.15, 0.2) is 12.1 Å². The number of anilines is 1. The number of nitrogens with zero attached hydrogens (tertiary/aromatic N) is 1. The van der Waals surface area contributed by atoms with Crippen molar-refractivity contribution < 1.29 is 18.3 Å². The van der Waals surface area contributed by atoms with Crippen LogP contribution in [-0.2, 0) is 9.84 Å². The lowest BCUT2D eigenvalue weighted by molar-refractivity contribution is 0.0696. The summed E-state index contributed by atoms with van der Waals surface area (Å²) < 4.78 is 23.4. The highest BCUT2D eigenvalue weighted by atomic mass is 35.5. The van der Waals surface area contributed by atoms with Gasteiger partial charge in [-0.15, -0.1) is 0 Å². The Hall–Kier alpha value is -1.27. The normalized spacial score (nSPS) is 21.5. The summed E-state index contributed by atoms with van der Waals surface area (Å²) in [5.74, 6) is -0.993. The molecule has 1 fully saturated rings. The van der Waals surface area contributed by atoms with Crippen molar-refractivity contribution in [3.8, 4) is 0 Å². The molecule has 7 heteroatoms. The summed E-state index contributed by atoms with van der Waals surface area (Å²) in [6, 6.07) is 3.47. The Balaban J connectivity index is 2.29. The topological polar surface area (TPSA) is 74.7 Å². The van der Waals surface area contributed by atoms with E-state index in [0.717, 1.165) is 18.5 Å². The number of carboxylic acid groups (broad SMARTS) is 1. The van der Waals surface area contributed by atoms with E-state index in [1.807, 2.05) is 6.92 Å². The van der Waals surface area contributed by atoms with Crippen LogP contribution in [-0.4, -0.2) is 43.6 Å². The van der Waals surface area contributed by atoms with Crippen molar-refractivity contribution in [1.82, 2.24) is 0 Å². The molecule has 0 unspecified atom stereocenters. The fourth-order valence-electron chi connectivity index (χ4n) is 3.60. The van der Waals surface area contributed by atoms with Gasteiger partial charge in [0.15, 0.2) is 0 Å². The number of rotatable bonds is 5. The number of hydrogen-bond acceptors (Lipinski definition) is 4. The molecule has 0 heterocycles. The predicted octanol–water partition coefficient (Wildman–Crippen LogP) is 3.53. The standard InChI is InChI=1S/C17H24ClNO4S/c1-4-19(13-5-7-14(8-6-13)24(3,22)23)16-10-12(18)9-15(11(16)2)17(20)21/h9-10,13-14H,4-8H2,1-3H3,(H,20,21)/t13-,14+. The van der Waals surface area contributed by atoms with Crippen molar-refractivity contribution in [2.24, 2.45) is 0 Å². The van der Waals surface area contributed by atoms with Gasteiger partial charge in [0.2, 0.25) is 0 Å². The summed E-state index contributed by atoms with van der Waals surface area (Å²) in [7, 11) is -3.00. The van der Waals surface area contributed by atoms with Gasteiger partial charge in [-0.1, -0.05) is 11.6 Å². The van der Waals surface area contributed by atoms with Crippen LogP contribution >= 0.6 is 11.6 Å². The van der Waals surface area contributed by atoms with Gasteiger partial charge in [-0.2, -0.15) is 0 Å². The fourth-order valence-corrected chi connectivity index (χ4v) is 4.94. The van der Waals surface area contributed by atoms with Crippen LogP contribution in [0.25, 0.3) is 0 Å². The second-order valence-corrected chi connectivity index (χ2v) is 9.21. The Kier molecular flexibility index (Phi) is 5.81. The van der Waals surface area contributed by atoms with Crippen molar-refractivity contribution in [3.63, 3.8) is 0 Å². The maximum absolute atomic E-state index is 11.7. The third-order valence-electron chi connectivity index (χ3n) is 4.92. The molecule has 0 amide bonds. The summed E-state index contributed by atoms with van der Waals surface area (Å²) in [5.41, 5.74) is 1.73. The molecule has 2 rings (SSSR count). The third kappa shape index (κ3) is 4.03. The van der Waals surface area contributed by atoms with Crippen LogP contribution in [0.5, 0.6) is 0 Å². The number of benzene rings is 1. The molecule has 0 aromatic heterocycles. The first kappa shape index (κ1) is 19.1. The first-order chi connectivity index (χ1) is 11.1. The molecule has 1 aliphatic rings. The van der Waals surface area contributed by atoms with E-state index in [1.165, 1.54) is 12.3 Å². The minimum absolute atomic E-state index is 0.201. The lowest BCUT2D eigenvalue weighted by Crippen LogP contribution is -2.41. The average Bonchev–Trinajstić information content (AvgIpc) is 2.50. The molecule has 0 radical (unpaired) electrons. The van der Waals surface area contributed by atoms with Gasteiger partial charge in [0.05, 0.1) is 10.8 Å². The van der Waals surface area contributed by atoms with E-state index in [4.69, 9.17) is 11.6 Å². The van der Waals surface area contributed by atoms with E-state index >= 15 is 0 Å². The van der Waals surface area contributed by atoms with Crippen LogP contribution in [0.1, 0.15) is 48.5 Å². The van der Waals surface area contributed by atoms with Crippen LogP contribution in [0.3, 0.4) is 0 Å². The molecular formula is C17H24ClNO4S. The quantitative estimate of drug-likeness (QED) is 0.854. The smallest absolute Gasteiger partial charge is 0.336 e. The van der Waals surface area contributed by atoms with Gasteiger partial charge in [0, 0.05) is 29.6 Å². The molecular weight excluding hydrogens is 350 g/mol. The predicted molar refractivity (Wildman–Crippen MR) is 97.1 cm³/mol. The van der Waals surface area contributed by atoms with Crippen LogP contribution < -0.4 is 4.90 Å². The van der Waals surface area contributed by atoms with Gasteiger partial charge in [-0.05, 0) is 57.2 Å². The Morgan fingerprint density at radius 1 is 1.29 bits per heavy atom. The number of aromatic carboxylic acids is 1. The number of carboxylic acids is 1. The molecule has 0 aliphatic heterocycles. The van der Waals surface area contributed by atoms with Crippen molar-refractivity contribution >= 4 is 33.1 Å². The SMILES string of the molecule is CCN(c1cc(Cl)cc(C(=O)O)c1C)[C@H]1CC[C@@H](S(C)(=O)=O)CC1. The maximum atomic E-state index is 11.7. The molecule has 0 bridgehead atoms. The number of carbonyl (C=O) groups is 1. The lowest BCUT2D eigenvalue weighted by Gasteiger charge is -2.38. The molecule has 1 aromatic rings. The summed E-state index contributed by atoms with van der Waals surface area (Å²) in [6.07, 6.45) is 4.15. The Morgan fingerprint density at radius 3 is 2.33 bits per heavy atom. The minimum atomic E-state index is -3.00. The van der Waals surface area contributed by atoms with E-state index in [9.17, 15) is 18.3 Å². The third-order valence-corrected chi connectivity index (χ3v) is 6.82. The van der Waals surface area contributed by atoms with Gasteiger partial charge in [-0.3, -0.25) is 0 Å². The number of sulfone groups is 1. The molecule has 1 N–H and O–H groups in total. The zero-order valence-electron chi connectivity index (χ0n) is 14.3. The summed E-state index contributed by atoms with van der Waals surface area (Å²) >= 11 is 6.12. The second kappa shape index (κ2) is 7.31. The monoisotopic (exact) mass is 373 g/mol. The zero-order valence-corrected chi connectivity index (χ0v) is 15.8. The maximum Gasteiger partial charge on any atom is 0.336 e. The summed E-state index contributed by atoms with van der Waals surface area (Å²) in [5, 5.41) is 9.50. The highest BCUT2D eigenvalue weighted by Gasteiger charge is 2.31. The lowest BCUT2D eigenvalue weighted by atomic mass is 9.92. The summed E-state index contributed by atoms with van der Waals surface area (Å²) in [4.78, 5) is 13.6. The van der Waals surface area contributed by atoms with E-state index in [-0.39, 0.29) is 16.9 Å². The molecule has 0 saturated heterocycles. The van der Waals surface area contributed by atoms with Crippen LogP contribution in [0.4, 0.5) is 5.69 Å². The largest absolute Gasteiger partial charge is 0.478 e. The molecule has 24 heavy (non-hydrogen) atoms. The van der Waals surface area contributed by atoms with Gasteiger partial charge in [0.1, 0.15) is 9.84 Å². The molecule has 1 aromatic carbocycles. The Bertz CT molecular complexity index is 724. The van der Waals surface area contributed by atoms with Crippen LogP contribution in [0.2, 0.25) is 5.02 Å². The van der Waals surface area contributed by atoms with Gasteiger partial charge in [0.25, 0.3) is 0 Å². The Morgan fingerprint density at radius 2 is 1.88 bits per heavy atom. The van der Waals surface area contributed by atoms with Crippen molar-refractivity contribution in [3.05, 3.63) is 28.3 Å². The molecule has 5 nitrogen and oxygen atoms in total. The first-order valence-corrected chi connectivity index (χ1v) is 10.5. The van der Waals surface area contributed by atoms with Crippen molar-refractivity contribution in [2.45, 2.75) is 50.8 Å². The summed E-state index contributed by atoms with van der Waals surface area (Å²) in [6.45, 7) is 4.53. The molecule has 1 saturated carbocycles. The van der Waals surface area contributed by atoms with Crippen LogP contribution in [0, 0.1) is 6.92 Å². The van der Waals surface area contributed by atoms with Gasteiger partial charge >= 0.3 is 5.97 Å². The van der Waals surface area contributed by atoms with Crippen molar-refractivity contribution in [2.75, 3.05) is 17.7 Å². The van der Waals surface area contributed by atoms with E-state index in [0.29, 0.717) is 30.0 Å². The molecule has 134 valence electrons. The highest BCUT2D eigenvalue weighted by Crippen LogP contribution is 2.34. The van der Waals surface area contributed by atoms with E-state index < -0.39 is 15.8 Å². The Labute approximate surface area is 148 Å². The average molecular weight is 374 g/mol. The fraction of sp³-hybridized carbons (Fsp3) is 0.588. The van der Waals surface area contributed by atoms with E-state index in [1.54, 1.807) is 13.0 Å². The second-order valence-electron chi connectivity index (χ2n) is 6.45. The number of hydrogen-bond donors (Lipinski definition) is 1. The molecule has 0 spiro atoms. The van der Waals surface area contributed by atoms with E-state index in [2.05, 4.69) is 4.90 Å².